The summed E-state index contributed by atoms with van der Waals surface area (Å²) >= 11 is 0. The van der Waals surface area contributed by atoms with Gasteiger partial charge in [-0.3, -0.25) is 14.8 Å². The fourth-order valence-corrected chi connectivity index (χ4v) is 3.49. The van der Waals surface area contributed by atoms with Crippen molar-refractivity contribution in [1.29, 1.82) is 0 Å². The van der Waals surface area contributed by atoms with Crippen LogP contribution in [0.1, 0.15) is 37.9 Å². The molecule has 0 radical (unpaired) electrons. The zero-order chi connectivity index (χ0) is 17.3. The third-order valence-electron chi connectivity index (χ3n) is 4.86. The summed E-state index contributed by atoms with van der Waals surface area (Å²) in [7, 11) is 2.16. The molecule has 3 heterocycles. The highest BCUT2D eigenvalue weighted by Crippen LogP contribution is 2.30. The predicted octanol–water partition coefficient (Wildman–Crippen LogP) is 1.92. The number of nitrogens with zero attached hydrogens (tertiary/aromatic N) is 4. The monoisotopic (exact) mass is 329 g/mol. The number of carbonyl (C=O) groups is 1. The van der Waals surface area contributed by atoms with E-state index in [0.29, 0.717) is 6.42 Å². The van der Waals surface area contributed by atoms with Crippen LogP contribution in [0.2, 0.25) is 0 Å². The summed E-state index contributed by atoms with van der Waals surface area (Å²) in [6.45, 7) is 6.73. The van der Waals surface area contributed by atoms with Gasteiger partial charge in [-0.15, -0.1) is 0 Å². The molecule has 6 nitrogen and oxygen atoms in total. The molecule has 3 rings (SSSR count). The van der Waals surface area contributed by atoms with Crippen LogP contribution < -0.4 is 5.84 Å². The average Bonchev–Trinajstić information content (AvgIpc) is 2.87. The van der Waals surface area contributed by atoms with Crippen LogP contribution in [-0.2, 0) is 24.3 Å². The lowest BCUT2D eigenvalue weighted by Crippen LogP contribution is -2.42. The molecule has 2 N–H and O–H groups in total. The molecule has 0 unspecified atom stereocenters. The number of amides is 1. The molecule has 0 aliphatic carbocycles. The van der Waals surface area contributed by atoms with E-state index in [9.17, 15) is 4.79 Å². The lowest BCUT2D eigenvalue weighted by molar-refractivity contribution is -0.133. The molecular formula is C18H27N5O. The van der Waals surface area contributed by atoms with Gasteiger partial charge in [-0.05, 0) is 38.9 Å². The van der Waals surface area contributed by atoms with Gasteiger partial charge in [0.05, 0.1) is 5.52 Å². The largest absolute Gasteiger partial charge is 0.344 e. The number of hydrogen-bond acceptors (Lipinski definition) is 4. The van der Waals surface area contributed by atoms with Crippen molar-refractivity contribution < 1.29 is 4.79 Å². The van der Waals surface area contributed by atoms with Gasteiger partial charge in [-0.25, -0.2) is 5.84 Å². The minimum Gasteiger partial charge on any atom is -0.344 e. The highest BCUT2D eigenvalue weighted by atomic mass is 16.2. The normalized spacial score (nSPS) is 15.0. The molecule has 2 aromatic heterocycles. The first-order valence-corrected chi connectivity index (χ1v) is 8.68. The maximum atomic E-state index is 12.1. The number of aromatic nitrogens is 2. The first kappa shape index (κ1) is 16.9. The number of hydrazine groups is 1. The molecule has 0 saturated carbocycles. The number of rotatable bonds is 5. The minimum atomic E-state index is 0.0109. The molecule has 0 saturated heterocycles. The Kier molecular flexibility index (Phi) is 4.87. The molecule has 130 valence electrons. The standard InChI is InChI=1S/C18H27N5O/c1-13(2)23(19)18(24)5-4-9-22-16-6-8-20-11-14(16)15-12-21(3)10-7-17(15)22/h6,8,11,13H,4-5,7,9-10,12,19H2,1-3H3. The van der Waals surface area contributed by atoms with Crippen LogP contribution >= 0.6 is 0 Å². The van der Waals surface area contributed by atoms with E-state index in [2.05, 4.69) is 27.6 Å². The maximum Gasteiger partial charge on any atom is 0.236 e. The zero-order valence-corrected chi connectivity index (χ0v) is 14.8. The molecule has 0 fully saturated rings. The summed E-state index contributed by atoms with van der Waals surface area (Å²) < 4.78 is 2.38. The molecule has 1 aliphatic rings. The molecule has 24 heavy (non-hydrogen) atoms. The Labute approximate surface area is 143 Å². The molecule has 6 heteroatoms. The number of pyridine rings is 1. The first-order valence-electron chi connectivity index (χ1n) is 8.68. The molecular weight excluding hydrogens is 302 g/mol. The van der Waals surface area contributed by atoms with Gasteiger partial charge in [-0.2, -0.15) is 0 Å². The van der Waals surface area contributed by atoms with Crippen molar-refractivity contribution in [3.8, 4) is 0 Å². The van der Waals surface area contributed by atoms with Gasteiger partial charge >= 0.3 is 0 Å². The molecule has 0 spiro atoms. The quantitative estimate of drug-likeness (QED) is 0.517. The Morgan fingerprint density at radius 2 is 2.25 bits per heavy atom. The van der Waals surface area contributed by atoms with Crippen LogP contribution in [-0.4, -0.2) is 45.0 Å². The van der Waals surface area contributed by atoms with Crippen molar-refractivity contribution in [3.05, 3.63) is 29.7 Å². The smallest absolute Gasteiger partial charge is 0.236 e. The molecule has 0 atom stereocenters. The highest BCUT2D eigenvalue weighted by molar-refractivity contribution is 5.85. The van der Waals surface area contributed by atoms with Crippen molar-refractivity contribution in [1.82, 2.24) is 19.5 Å². The number of hydrogen-bond donors (Lipinski definition) is 1. The first-order chi connectivity index (χ1) is 11.5. The Balaban J connectivity index is 1.79. The van der Waals surface area contributed by atoms with Gasteiger partial charge in [0.1, 0.15) is 0 Å². The summed E-state index contributed by atoms with van der Waals surface area (Å²) in [5.74, 6) is 5.81. The average molecular weight is 329 g/mol. The van der Waals surface area contributed by atoms with Crippen LogP contribution in [0, 0.1) is 0 Å². The topological polar surface area (TPSA) is 67.4 Å². The Morgan fingerprint density at radius 1 is 1.46 bits per heavy atom. The van der Waals surface area contributed by atoms with Crippen LogP contribution in [0.4, 0.5) is 0 Å². The van der Waals surface area contributed by atoms with Crippen LogP contribution in [0.25, 0.3) is 10.9 Å². The van der Waals surface area contributed by atoms with Gasteiger partial charge in [-0.1, -0.05) is 0 Å². The lowest BCUT2D eigenvalue weighted by Gasteiger charge is -2.24. The number of aryl methyl sites for hydroxylation is 1. The van der Waals surface area contributed by atoms with E-state index >= 15 is 0 Å². The summed E-state index contributed by atoms with van der Waals surface area (Å²) in [5.41, 5.74) is 4.02. The van der Waals surface area contributed by atoms with E-state index in [-0.39, 0.29) is 11.9 Å². The molecule has 1 amide bonds. The Bertz CT molecular complexity index is 736. The van der Waals surface area contributed by atoms with Crippen molar-refractivity contribution in [2.24, 2.45) is 5.84 Å². The maximum absolute atomic E-state index is 12.1. The van der Waals surface area contributed by atoms with Gasteiger partial charge in [0.15, 0.2) is 0 Å². The third-order valence-corrected chi connectivity index (χ3v) is 4.86. The zero-order valence-electron chi connectivity index (χ0n) is 14.8. The lowest BCUT2D eigenvalue weighted by atomic mass is 10.1. The van der Waals surface area contributed by atoms with Gasteiger partial charge in [0.25, 0.3) is 0 Å². The Hall–Kier alpha value is -1.92. The van der Waals surface area contributed by atoms with Crippen molar-refractivity contribution >= 4 is 16.8 Å². The molecule has 0 aromatic carbocycles. The second-order valence-corrected chi connectivity index (χ2v) is 6.96. The SMILES string of the molecule is CC(C)N(N)C(=O)CCCn1c2c(c3cnccc31)CN(C)CC2. The van der Waals surface area contributed by atoms with Gasteiger partial charge in [0, 0.05) is 62.0 Å². The molecule has 1 aliphatic heterocycles. The number of nitrogens with two attached hydrogens (primary N) is 1. The fourth-order valence-electron chi connectivity index (χ4n) is 3.49. The van der Waals surface area contributed by atoms with E-state index in [4.69, 9.17) is 5.84 Å². The van der Waals surface area contributed by atoms with Crippen molar-refractivity contribution in [3.63, 3.8) is 0 Å². The van der Waals surface area contributed by atoms with Gasteiger partial charge in [0.2, 0.25) is 5.91 Å². The van der Waals surface area contributed by atoms with E-state index in [1.54, 1.807) is 0 Å². The summed E-state index contributed by atoms with van der Waals surface area (Å²) in [5, 5.41) is 2.58. The van der Waals surface area contributed by atoms with E-state index in [0.717, 1.165) is 32.5 Å². The van der Waals surface area contributed by atoms with Crippen molar-refractivity contribution in [2.45, 2.75) is 52.2 Å². The number of carbonyl (C=O) groups excluding carboxylic acids is 1. The minimum absolute atomic E-state index is 0.0109. The molecule has 0 bridgehead atoms. The highest BCUT2D eigenvalue weighted by Gasteiger charge is 2.22. The number of likely N-dealkylation sites (N-methyl/N-ethyl adjacent to an activating group) is 1. The van der Waals surface area contributed by atoms with E-state index < -0.39 is 0 Å². The summed E-state index contributed by atoms with van der Waals surface area (Å²) in [6, 6.07) is 2.12. The van der Waals surface area contributed by atoms with E-state index in [1.165, 1.54) is 27.2 Å². The van der Waals surface area contributed by atoms with Crippen molar-refractivity contribution in [2.75, 3.05) is 13.6 Å². The van der Waals surface area contributed by atoms with Crippen LogP contribution in [0.3, 0.4) is 0 Å². The summed E-state index contributed by atoms with van der Waals surface area (Å²) in [4.78, 5) is 18.7. The summed E-state index contributed by atoms with van der Waals surface area (Å²) in [6.07, 6.45) is 6.14. The predicted molar refractivity (Wildman–Crippen MR) is 95.2 cm³/mol. The van der Waals surface area contributed by atoms with Gasteiger partial charge < -0.3 is 9.47 Å². The second-order valence-electron chi connectivity index (χ2n) is 6.96. The third kappa shape index (κ3) is 3.16. The fraction of sp³-hybridized carbons (Fsp3) is 0.556. The second kappa shape index (κ2) is 6.91. The number of fused-ring (bicyclic) bond motifs is 3. The Morgan fingerprint density at radius 3 is 3.00 bits per heavy atom. The van der Waals surface area contributed by atoms with Crippen LogP contribution in [0.15, 0.2) is 18.5 Å². The molecule has 2 aromatic rings. The van der Waals surface area contributed by atoms with Crippen LogP contribution in [0.5, 0.6) is 0 Å². The van der Waals surface area contributed by atoms with E-state index in [1.807, 2.05) is 26.2 Å².